The first-order chi connectivity index (χ1) is 12.6. The minimum atomic E-state index is -0.826. The Morgan fingerprint density at radius 1 is 1.42 bits per heavy atom. The number of carboxylic acids is 1. The van der Waals surface area contributed by atoms with E-state index in [0.717, 1.165) is 28.5 Å². The number of hydrogen-bond donors (Lipinski definition) is 4. The van der Waals surface area contributed by atoms with Crippen LogP contribution in [0, 0.1) is 5.92 Å². The second-order valence-corrected chi connectivity index (χ2v) is 6.99. The molecule has 0 amide bonds. The third-order valence-electron chi connectivity index (χ3n) is 4.86. The summed E-state index contributed by atoms with van der Waals surface area (Å²) in [5.74, 6) is -0.0548. The van der Waals surface area contributed by atoms with Gasteiger partial charge in [0.05, 0.1) is 24.8 Å². The van der Waals surface area contributed by atoms with Crippen LogP contribution in [0.1, 0.15) is 26.2 Å². The molecule has 1 aliphatic rings. The fourth-order valence-corrected chi connectivity index (χ4v) is 3.25. The van der Waals surface area contributed by atoms with Crippen molar-refractivity contribution in [2.75, 3.05) is 10.6 Å². The number of nitrogens with zero attached hydrogens (tertiary/aromatic N) is 2. The number of nitrogens with one attached hydrogen (secondary N) is 3. The summed E-state index contributed by atoms with van der Waals surface area (Å²) in [6.07, 6.45) is 8.15. The average molecular weight is 353 g/mol. The van der Waals surface area contributed by atoms with Gasteiger partial charge in [0, 0.05) is 40.7 Å². The molecule has 0 spiro atoms. The maximum Gasteiger partial charge on any atom is 0.305 e. The lowest BCUT2D eigenvalue weighted by atomic mass is 10.1. The van der Waals surface area contributed by atoms with Gasteiger partial charge in [-0.05, 0) is 43.9 Å². The van der Waals surface area contributed by atoms with E-state index in [1.807, 2.05) is 12.4 Å². The second kappa shape index (κ2) is 6.74. The Labute approximate surface area is 151 Å². The van der Waals surface area contributed by atoms with Gasteiger partial charge in [-0.1, -0.05) is 0 Å². The molecule has 0 bridgehead atoms. The summed E-state index contributed by atoms with van der Waals surface area (Å²) in [5.41, 5.74) is 3.98. The lowest BCUT2D eigenvalue weighted by Crippen LogP contribution is -2.17. The van der Waals surface area contributed by atoms with E-state index in [2.05, 4.69) is 45.8 Å². The molecular formula is C19H23N5O2. The zero-order valence-corrected chi connectivity index (χ0v) is 14.7. The molecule has 1 atom stereocenters. The number of aryl methyl sites for hydroxylation is 1. The van der Waals surface area contributed by atoms with Gasteiger partial charge < -0.3 is 20.7 Å². The van der Waals surface area contributed by atoms with E-state index < -0.39 is 5.97 Å². The number of anilines is 3. The zero-order chi connectivity index (χ0) is 18.1. The summed E-state index contributed by atoms with van der Waals surface area (Å²) in [5, 5.41) is 21.2. The molecule has 4 rings (SSSR count). The Kier molecular flexibility index (Phi) is 4.28. The molecule has 2 heterocycles. The number of fused-ring (bicyclic) bond motifs is 1. The van der Waals surface area contributed by atoms with Crippen LogP contribution in [0.4, 0.5) is 17.1 Å². The molecule has 0 aliphatic heterocycles. The van der Waals surface area contributed by atoms with Gasteiger partial charge in [0.25, 0.3) is 0 Å². The fourth-order valence-electron chi connectivity index (χ4n) is 3.25. The maximum absolute atomic E-state index is 10.7. The summed E-state index contributed by atoms with van der Waals surface area (Å²) in [6.45, 7) is 2.60. The number of H-pyrrole nitrogens is 1. The van der Waals surface area contributed by atoms with Crippen LogP contribution in [-0.4, -0.2) is 31.9 Å². The zero-order valence-electron chi connectivity index (χ0n) is 14.7. The highest BCUT2D eigenvalue weighted by Gasteiger charge is 2.28. The standard InChI is InChI=1S/C19H23N5O2/c1-12(13-2-3-13)22-18-9-14(8-17-16(18)4-6-20-17)23-15-10-21-24(11-15)7-5-19(25)26/h4,6,8-13,20,22-23H,2-3,5,7H2,1H3,(H,25,26). The third-order valence-corrected chi connectivity index (χ3v) is 4.86. The van der Waals surface area contributed by atoms with Crippen LogP contribution in [0.3, 0.4) is 0 Å². The Bertz CT molecular complexity index is 925. The van der Waals surface area contributed by atoms with Crippen molar-refractivity contribution in [3.63, 3.8) is 0 Å². The quantitative estimate of drug-likeness (QED) is 0.494. The molecule has 4 N–H and O–H groups in total. The van der Waals surface area contributed by atoms with Gasteiger partial charge >= 0.3 is 5.97 Å². The van der Waals surface area contributed by atoms with Crippen molar-refractivity contribution in [2.24, 2.45) is 5.92 Å². The number of rotatable bonds is 8. The molecule has 3 aromatic rings. The minimum Gasteiger partial charge on any atom is -0.481 e. The Morgan fingerprint density at radius 2 is 2.27 bits per heavy atom. The van der Waals surface area contributed by atoms with Crippen LogP contribution >= 0.6 is 0 Å². The highest BCUT2D eigenvalue weighted by Crippen LogP contribution is 2.36. The molecule has 136 valence electrons. The fraction of sp³-hybridized carbons (Fsp3) is 0.368. The molecule has 1 aromatic carbocycles. The minimum absolute atomic E-state index is 0.0582. The van der Waals surface area contributed by atoms with E-state index in [0.29, 0.717) is 12.6 Å². The van der Waals surface area contributed by atoms with Crippen LogP contribution in [0.5, 0.6) is 0 Å². The predicted molar refractivity (Wildman–Crippen MR) is 102 cm³/mol. The van der Waals surface area contributed by atoms with Gasteiger partial charge in [-0.25, -0.2) is 0 Å². The van der Waals surface area contributed by atoms with Crippen molar-refractivity contribution in [2.45, 2.75) is 38.8 Å². The molecule has 1 unspecified atom stereocenters. The molecule has 0 saturated heterocycles. The predicted octanol–water partition coefficient (Wildman–Crippen LogP) is 3.79. The summed E-state index contributed by atoms with van der Waals surface area (Å²) in [7, 11) is 0. The first kappa shape index (κ1) is 16.5. The Balaban J connectivity index is 1.53. The van der Waals surface area contributed by atoms with Gasteiger partial charge in [0.1, 0.15) is 0 Å². The molecule has 1 saturated carbocycles. The van der Waals surface area contributed by atoms with Crippen LogP contribution in [0.25, 0.3) is 10.9 Å². The number of aliphatic carboxylic acids is 1. The van der Waals surface area contributed by atoms with Crippen molar-refractivity contribution < 1.29 is 9.90 Å². The molecule has 7 heteroatoms. The highest BCUT2D eigenvalue weighted by atomic mass is 16.4. The maximum atomic E-state index is 10.7. The van der Waals surface area contributed by atoms with E-state index in [1.165, 1.54) is 18.2 Å². The van der Waals surface area contributed by atoms with Gasteiger partial charge in [0.2, 0.25) is 0 Å². The van der Waals surface area contributed by atoms with Crippen molar-refractivity contribution in [3.8, 4) is 0 Å². The smallest absolute Gasteiger partial charge is 0.305 e. The summed E-state index contributed by atoms with van der Waals surface area (Å²) in [4.78, 5) is 14.0. The first-order valence-corrected chi connectivity index (χ1v) is 8.97. The Hall–Kier alpha value is -2.96. The van der Waals surface area contributed by atoms with Crippen molar-refractivity contribution in [3.05, 3.63) is 36.8 Å². The second-order valence-electron chi connectivity index (χ2n) is 6.99. The first-order valence-electron chi connectivity index (χ1n) is 8.97. The SMILES string of the molecule is CC(Nc1cc(Nc2cnn(CCC(=O)O)c2)cc2[nH]ccc12)C1CC1. The Morgan fingerprint density at radius 3 is 3.04 bits per heavy atom. The lowest BCUT2D eigenvalue weighted by molar-refractivity contribution is -0.137. The van der Waals surface area contributed by atoms with E-state index >= 15 is 0 Å². The van der Waals surface area contributed by atoms with Crippen molar-refractivity contribution in [1.82, 2.24) is 14.8 Å². The number of hydrogen-bond acceptors (Lipinski definition) is 4. The number of carbonyl (C=O) groups is 1. The highest BCUT2D eigenvalue weighted by molar-refractivity contribution is 5.95. The van der Waals surface area contributed by atoms with Gasteiger partial charge in [-0.15, -0.1) is 0 Å². The normalized spacial score (nSPS) is 15.1. The molecule has 0 radical (unpaired) electrons. The van der Waals surface area contributed by atoms with Gasteiger partial charge in [-0.3, -0.25) is 9.48 Å². The largest absolute Gasteiger partial charge is 0.481 e. The molecule has 7 nitrogen and oxygen atoms in total. The summed E-state index contributed by atoms with van der Waals surface area (Å²) in [6, 6.07) is 6.73. The number of aromatic amines is 1. The third kappa shape index (κ3) is 3.66. The number of aromatic nitrogens is 3. The molecule has 2 aromatic heterocycles. The van der Waals surface area contributed by atoms with Crippen molar-refractivity contribution in [1.29, 1.82) is 0 Å². The molecule has 1 fully saturated rings. The van der Waals surface area contributed by atoms with Crippen LogP contribution in [-0.2, 0) is 11.3 Å². The van der Waals surface area contributed by atoms with E-state index in [-0.39, 0.29) is 6.42 Å². The van der Waals surface area contributed by atoms with Crippen LogP contribution in [0.15, 0.2) is 36.8 Å². The van der Waals surface area contributed by atoms with Gasteiger partial charge in [-0.2, -0.15) is 5.10 Å². The number of benzene rings is 1. The molecule has 26 heavy (non-hydrogen) atoms. The van der Waals surface area contributed by atoms with E-state index in [1.54, 1.807) is 10.9 Å². The van der Waals surface area contributed by atoms with Crippen LogP contribution < -0.4 is 10.6 Å². The summed E-state index contributed by atoms with van der Waals surface area (Å²) >= 11 is 0. The van der Waals surface area contributed by atoms with Gasteiger partial charge in [0.15, 0.2) is 0 Å². The van der Waals surface area contributed by atoms with Crippen LogP contribution in [0.2, 0.25) is 0 Å². The van der Waals surface area contributed by atoms with Crippen molar-refractivity contribution >= 4 is 33.9 Å². The average Bonchev–Trinajstić information content (AvgIpc) is 3.19. The van der Waals surface area contributed by atoms with E-state index in [4.69, 9.17) is 5.11 Å². The lowest BCUT2D eigenvalue weighted by Gasteiger charge is -2.17. The number of carboxylic acid groups (broad SMARTS) is 1. The molecule has 1 aliphatic carbocycles. The van der Waals surface area contributed by atoms with E-state index in [9.17, 15) is 4.79 Å². The summed E-state index contributed by atoms with van der Waals surface area (Å²) < 4.78 is 1.64. The monoisotopic (exact) mass is 353 g/mol. The topological polar surface area (TPSA) is 95.0 Å². The molecular weight excluding hydrogens is 330 g/mol.